The molecule has 0 radical (unpaired) electrons. The molecule has 0 N–H and O–H groups in total. The minimum absolute atomic E-state index is 0.557. The summed E-state index contributed by atoms with van der Waals surface area (Å²) in [7, 11) is 0. The third-order valence-corrected chi connectivity index (χ3v) is 12.1. The zero-order valence-corrected chi connectivity index (χ0v) is 32.1. The number of benzene rings is 9. The van der Waals surface area contributed by atoms with E-state index in [4.69, 9.17) is 11.0 Å². The lowest BCUT2D eigenvalue weighted by molar-refractivity contribution is 0.673. The van der Waals surface area contributed by atoms with Gasteiger partial charge >= 0.3 is 0 Å². The molecule has 0 amide bonds. The molecule has 0 fully saturated rings. The Labute approximate surface area is 345 Å². The maximum absolute atomic E-state index is 11.4. The maximum Gasteiger partial charge on any atom is 0.205 e. The summed E-state index contributed by atoms with van der Waals surface area (Å²) in [6.45, 7) is 9.09. The molecule has 9 aromatic carbocycles. The lowest BCUT2D eigenvalue weighted by Gasteiger charge is -2.20. The minimum atomic E-state index is 0.557. The Morgan fingerprint density at radius 3 is 1.47 bits per heavy atom. The van der Waals surface area contributed by atoms with Gasteiger partial charge in [0.15, 0.2) is 0 Å². The van der Waals surface area contributed by atoms with Gasteiger partial charge in [-0.3, -0.25) is 0 Å². The molecular formula is C56H31N3O. The molecule has 4 nitrogen and oxygen atoms in total. The van der Waals surface area contributed by atoms with Crippen molar-refractivity contribution in [2.45, 2.75) is 0 Å². The van der Waals surface area contributed by atoms with Crippen molar-refractivity contribution in [1.29, 1.82) is 5.26 Å². The van der Waals surface area contributed by atoms with Gasteiger partial charge in [0.1, 0.15) is 17.2 Å². The fraction of sp³-hybridized carbons (Fsp3) is 0. The van der Waals surface area contributed by atoms with Gasteiger partial charge in [-0.15, -0.1) is 0 Å². The first-order valence-electron chi connectivity index (χ1n) is 20.0. The molecule has 0 atom stereocenters. The topological polar surface area (TPSA) is 45.7 Å². The van der Waals surface area contributed by atoms with Gasteiger partial charge in [-0.25, -0.2) is 4.85 Å². The van der Waals surface area contributed by atoms with E-state index in [1.54, 1.807) is 0 Å². The predicted octanol–water partition coefficient (Wildman–Crippen LogP) is 15.5. The van der Waals surface area contributed by atoms with E-state index in [0.717, 1.165) is 110 Å². The lowest BCUT2D eigenvalue weighted by Crippen LogP contribution is -1.96. The van der Waals surface area contributed by atoms with Gasteiger partial charge in [-0.1, -0.05) is 170 Å². The molecule has 3 heterocycles. The van der Waals surface area contributed by atoms with Crippen LogP contribution in [-0.4, -0.2) is 4.40 Å². The van der Waals surface area contributed by atoms with Crippen molar-refractivity contribution < 1.29 is 4.42 Å². The Morgan fingerprint density at radius 1 is 0.433 bits per heavy atom. The first-order chi connectivity index (χ1) is 29.7. The molecule has 0 aliphatic heterocycles. The van der Waals surface area contributed by atoms with Crippen molar-refractivity contribution in [2.24, 2.45) is 0 Å². The molecule has 0 aliphatic rings. The van der Waals surface area contributed by atoms with Crippen molar-refractivity contribution in [2.75, 3.05) is 0 Å². The Bertz CT molecular complexity index is 3740. The molecule has 0 unspecified atom stereocenters. The fourth-order valence-corrected chi connectivity index (χ4v) is 9.79. The summed E-state index contributed by atoms with van der Waals surface area (Å²) in [4.78, 5) is 4.50. The standard InChI is InChI=1S/C56H31N3O/c1-58-52-47(37-25-13-5-14-26-37)46(36-23-11-4-12-24-36)50-41-31-39(34-19-7-2-8-20-34)32-42-51-54(59(53(41)42)55(50)48(52)38-27-15-6-16-28-38)45(35-21-9-3-10-22-35)43(33-57)49-40-29-17-18-30-44(40)60-56(49)51/h2-32H. The van der Waals surface area contributed by atoms with Crippen molar-refractivity contribution in [3.05, 3.63) is 205 Å². The van der Waals surface area contributed by atoms with Crippen molar-refractivity contribution in [3.63, 3.8) is 0 Å². The van der Waals surface area contributed by atoms with Gasteiger partial charge < -0.3 is 8.82 Å². The number of hydrogen-bond acceptors (Lipinski definition) is 2. The normalized spacial score (nSPS) is 11.6. The van der Waals surface area contributed by atoms with Crippen LogP contribution in [0.5, 0.6) is 0 Å². The Kier molecular flexibility index (Phi) is 7.32. The molecule has 0 saturated heterocycles. The van der Waals surface area contributed by atoms with Crippen LogP contribution in [0.15, 0.2) is 192 Å². The average molecular weight is 762 g/mol. The lowest BCUT2D eigenvalue weighted by atomic mass is 9.84. The first-order valence-corrected chi connectivity index (χ1v) is 20.0. The summed E-state index contributed by atoms with van der Waals surface area (Å²) in [5.74, 6) is 0. The monoisotopic (exact) mass is 761 g/mol. The van der Waals surface area contributed by atoms with E-state index in [0.29, 0.717) is 16.8 Å². The van der Waals surface area contributed by atoms with E-state index in [1.165, 1.54) is 0 Å². The molecule has 0 saturated carbocycles. The SMILES string of the molecule is [C-]#[N+]c1c(-c2ccccc2)c(-c2ccccc2)c2c3cc(-c4ccccc4)cc4c5c6oc7ccccc7c6c(C#N)c(-c6ccccc6)c5n(c2c1-c1ccccc1)c34. The number of nitrogens with zero attached hydrogens (tertiary/aromatic N) is 3. The van der Waals surface area contributed by atoms with Crippen molar-refractivity contribution in [1.82, 2.24) is 4.40 Å². The fourth-order valence-electron chi connectivity index (χ4n) is 9.79. The van der Waals surface area contributed by atoms with Gasteiger partial charge in [-0.2, -0.15) is 5.26 Å². The molecule has 12 aromatic rings. The number of aromatic nitrogens is 1. The van der Waals surface area contributed by atoms with Gasteiger partial charge in [0.2, 0.25) is 5.69 Å². The highest BCUT2D eigenvalue weighted by Crippen LogP contribution is 2.57. The maximum atomic E-state index is 11.4. The van der Waals surface area contributed by atoms with Crippen LogP contribution in [0.25, 0.3) is 121 Å². The molecule has 12 rings (SSSR count). The Morgan fingerprint density at radius 2 is 0.900 bits per heavy atom. The third-order valence-electron chi connectivity index (χ3n) is 12.1. The molecule has 0 bridgehead atoms. The van der Waals surface area contributed by atoms with Crippen LogP contribution in [0, 0.1) is 17.9 Å². The molecule has 3 aromatic heterocycles. The number of nitriles is 1. The van der Waals surface area contributed by atoms with Gasteiger partial charge in [0, 0.05) is 38.1 Å². The first kappa shape index (κ1) is 33.7. The second-order valence-corrected chi connectivity index (χ2v) is 15.3. The summed E-state index contributed by atoms with van der Waals surface area (Å²) in [6, 6.07) is 67.3. The minimum Gasteiger partial charge on any atom is -0.455 e. The highest BCUT2D eigenvalue weighted by atomic mass is 16.3. The van der Waals surface area contributed by atoms with Crippen LogP contribution in [0.1, 0.15) is 5.56 Å². The summed E-state index contributed by atoms with van der Waals surface area (Å²) in [5.41, 5.74) is 14.9. The highest BCUT2D eigenvalue weighted by Gasteiger charge is 2.33. The number of fused-ring (bicyclic) bond motifs is 10. The van der Waals surface area contributed by atoms with Gasteiger partial charge in [-0.05, 0) is 62.7 Å². The van der Waals surface area contributed by atoms with Gasteiger partial charge in [0.25, 0.3) is 0 Å². The number of furan rings is 1. The third kappa shape index (κ3) is 4.65. The summed E-state index contributed by atoms with van der Waals surface area (Å²) in [6.07, 6.45) is 0. The van der Waals surface area contributed by atoms with E-state index in [2.05, 4.69) is 118 Å². The zero-order valence-electron chi connectivity index (χ0n) is 32.1. The summed E-state index contributed by atoms with van der Waals surface area (Å²) < 4.78 is 9.31. The summed E-state index contributed by atoms with van der Waals surface area (Å²) in [5, 5.41) is 17.2. The van der Waals surface area contributed by atoms with Crippen LogP contribution in [0.4, 0.5) is 5.69 Å². The molecule has 60 heavy (non-hydrogen) atoms. The van der Waals surface area contributed by atoms with Crippen LogP contribution < -0.4 is 0 Å². The molecule has 4 heteroatoms. The Hall–Kier alpha value is -8.44. The Balaban J connectivity index is 1.47. The van der Waals surface area contributed by atoms with Crippen LogP contribution in [0.2, 0.25) is 0 Å². The van der Waals surface area contributed by atoms with Crippen LogP contribution in [0.3, 0.4) is 0 Å². The highest BCUT2D eigenvalue weighted by molar-refractivity contribution is 6.37. The molecule has 0 spiro atoms. The number of para-hydroxylation sites is 1. The molecule has 0 aliphatic carbocycles. The molecular weight excluding hydrogens is 731 g/mol. The van der Waals surface area contributed by atoms with Crippen LogP contribution in [-0.2, 0) is 0 Å². The second-order valence-electron chi connectivity index (χ2n) is 15.3. The summed E-state index contributed by atoms with van der Waals surface area (Å²) >= 11 is 0. The smallest absolute Gasteiger partial charge is 0.205 e. The van der Waals surface area contributed by atoms with E-state index in [1.807, 2.05) is 84.9 Å². The largest absolute Gasteiger partial charge is 0.455 e. The quantitative estimate of drug-likeness (QED) is 0.164. The second kappa shape index (κ2) is 13.0. The zero-order chi connectivity index (χ0) is 39.9. The predicted molar refractivity (Wildman–Crippen MR) is 247 cm³/mol. The number of hydrogen-bond donors (Lipinski definition) is 0. The van der Waals surface area contributed by atoms with Crippen LogP contribution >= 0.6 is 0 Å². The molecule has 276 valence electrons. The number of rotatable bonds is 5. The average Bonchev–Trinajstić information content (AvgIpc) is 3.99. The van der Waals surface area contributed by atoms with E-state index in [-0.39, 0.29) is 0 Å². The van der Waals surface area contributed by atoms with Crippen molar-refractivity contribution >= 4 is 65.7 Å². The van der Waals surface area contributed by atoms with Gasteiger partial charge in [0.05, 0.1) is 34.1 Å². The van der Waals surface area contributed by atoms with E-state index >= 15 is 0 Å². The van der Waals surface area contributed by atoms with Crippen molar-refractivity contribution in [3.8, 4) is 61.7 Å². The van der Waals surface area contributed by atoms with E-state index < -0.39 is 0 Å². The van der Waals surface area contributed by atoms with E-state index in [9.17, 15) is 5.26 Å².